The molecule has 0 spiro atoms. The first kappa shape index (κ1) is 19.3. The lowest BCUT2D eigenvalue weighted by Crippen LogP contribution is -2.44. The molecule has 1 saturated carbocycles. The number of guanidine groups is 1. The molecule has 0 aliphatic heterocycles. The number of furan rings is 1. The molecule has 0 atom stereocenters. The number of aliphatic imine (C=N–C) groups is 1. The summed E-state index contributed by atoms with van der Waals surface area (Å²) in [4.78, 5) is 6.05. The fraction of sp³-hybridized carbons (Fsp3) is 0.500. The van der Waals surface area contributed by atoms with Crippen molar-refractivity contribution in [3.05, 3.63) is 46.5 Å². The molecular formula is C18H26IN3OS. The third-order valence-corrected chi connectivity index (χ3v) is 5.02. The molecule has 1 aliphatic rings. The first-order valence-corrected chi connectivity index (χ1v) is 9.38. The lowest BCUT2D eigenvalue weighted by molar-refractivity contribution is 0.409. The van der Waals surface area contributed by atoms with E-state index in [4.69, 9.17) is 9.41 Å². The van der Waals surface area contributed by atoms with Gasteiger partial charge in [0, 0.05) is 23.9 Å². The maximum Gasteiger partial charge on any atom is 0.191 e. The zero-order valence-electron chi connectivity index (χ0n) is 13.9. The minimum Gasteiger partial charge on any atom is -0.469 e. The highest BCUT2D eigenvalue weighted by molar-refractivity contribution is 14.0. The summed E-state index contributed by atoms with van der Waals surface area (Å²) >= 11 is 1.76. The molecule has 0 saturated heterocycles. The summed E-state index contributed by atoms with van der Waals surface area (Å²) in [6.07, 6.45) is 9.10. The number of thiophene rings is 1. The summed E-state index contributed by atoms with van der Waals surface area (Å²) in [7, 11) is 0. The van der Waals surface area contributed by atoms with Crippen molar-refractivity contribution in [2.75, 3.05) is 6.54 Å². The molecular weight excluding hydrogens is 433 g/mol. The van der Waals surface area contributed by atoms with E-state index in [0.717, 1.165) is 31.2 Å². The Hall–Kier alpha value is -1.02. The lowest BCUT2D eigenvalue weighted by Gasteiger charge is -2.25. The van der Waals surface area contributed by atoms with Gasteiger partial charge in [-0.05, 0) is 36.4 Å². The number of nitrogens with zero attached hydrogens (tertiary/aromatic N) is 1. The van der Waals surface area contributed by atoms with Gasteiger partial charge in [0.25, 0.3) is 0 Å². The molecule has 132 valence electrons. The molecule has 0 unspecified atom stereocenters. The van der Waals surface area contributed by atoms with Crippen LogP contribution >= 0.6 is 35.3 Å². The van der Waals surface area contributed by atoms with Crippen LogP contribution in [0.4, 0.5) is 0 Å². The molecule has 0 bridgehead atoms. The number of hydrogen-bond donors (Lipinski definition) is 2. The van der Waals surface area contributed by atoms with E-state index < -0.39 is 0 Å². The predicted molar refractivity (Wildman–Crippen MR) is 111 cm³/mol. The molecule has 2 heterocycles. The highest BCUT2D eigenvalue weighted by atomic mass is 127. The Balaban J connectivity index is 0.00000208. The van der Waals surface area contributed by atoms with Crippen molar-refractivity contribution in [2.24, 2.45) is 4.99 Å². The molecule has 0 aromatic carbocycles. The van der Waals surface area contributed by atoms with E-state index >= 15 is 0 Å². The van der Waals surface area contributed by atoms with Crippen molar-refractivity contribution < 1.29 is 4.42 Å². The molecule has 4 nitrogen and oxygen atoms in total. The number of hydrogen-bond acceptors (Lipinski definition) is 3. The van der Waals surface area contributed by atoms with Gasteiger partial charge >= 0.3 is 0 Å². The zero-order chi connectivity index (χ0) is 15.7. The van der Waals surface area contributed by atoms with E-state index in [1.807, 2.05) is 12.1 Å². The van der Waals surface area contributed by atoms with Crippen LogP contribution in [-0.2, 0) is 13.0 Å². The van der Waals surface area contributed by atoms with Crippen LogP contribution in [-0.4, -0.2) is 18.5 Å². The minimum atomic E-state index is 0. The molecule has 24 heavy (non-hydrogen) atoms. The van der Waals surface area contributed by atoms with Gasteiger partial charge in [-0.15, -0.1) is 35.3 Å². The first-order valence-electron chi connectivity index (χ1n) is 8.50. The Morgan fingerprint density at radius 3 is 2.79 bits per heavy atom. The van der Waals surface area contributed by atoms with Crippen LogP contribution in [0.15, 0.2) is 45.3 Å². The molecule has 0 amide bonds. The Bertz CT molecular complexity index is 577. The third-order valence-electron chi connectivity index (χ3n) is 4.16. The molecule has 1 fully saturated rings. The Morgan fingerprint density at radius 1 is 1.21 bits per heavy atom. The number of nitrogens with one attached hydrogen (secondary N) is 2. The second-order valence-electron chi connectivity index (χ2n) is 5.98. The predicted octanol–water partition coefficient (Wildman–Crippen LogP) is 4.57. The van der Waals surface area contributed by atoms with E-state index in [2.05, 4.69) is 28.1 Å². The summed E-state index contributed by atoms with van der Waals surface area (Å²) < 4.78 is 5.39. The lowest BCUT2D eigenvalue weighted by atomic mass is 9.96. The summed E-state index contributed by atoms with van der Waals surface area (Å²) in [5, 5.41) is 9.16. The van der Waals surface area contributed by atoms with E-state index in [9.17, 15) is 0 Å². The third kappa shape index (κ3) is 6.47. The zero-order valence-corrected chi connectivity index (χ0v) is 17.0. The molecule has 1 aliphatic carbocycles. The molecule has 2 N–H and O–H groups in total. The van der Waals surface area contributed by atoms with Crippen LogP contribution in [0.25, 0.3) is 0 Å². The van der Waals surface area contributed by atoms with Crippen molar-refractivity contribution in [3.8, 4) is 0 Å². The molecule has 2 aromatic rings. The molecule has 0 radical (unpaired) electrons. The Labute approximate surface area is 165 Å². The van der Waals surface area contributed by atoms with Gasteiger partial charge in [-0.25, -0.2) is 4.99 Å². The maximum absolute atomic E-state index is 5.39. The average Bonchev–Trinajstić information content (AvgIpc) is 3.27. The fourth-order valence-electron chi connectivity index (χ4n) is 2.91. The van der Waals surface area contributed by atoms with Crippen LogP contribution in [0.2, 0.25) is 0 Å². The second-order valence-corrected chi connectivity index (χ2v) is 7.01. The summed E-state index contributed by atoms with van der Waals surface area (Å²) in [6, 6.07) is 8.71. The van der Waals surface area contributed by atoms with Crippen molar-refractivity contribution in [3.63, 3.8) is 0 Å². The minimum absolute atomic E-state index is 0. The highest BCUT2D eigenvalue weighted by Gasteiger charge is 2.14. The maximum atomic E-state index is 5.39. The highest BCUT2D eigenvalue weighted by Crippen LogP contribution is 2.17. The van der Waals surface area contributed by atoms with Crippen LogP contribution in [0, 0.1) is 0 Å². The smallest absolute Gasteiger partial charge is 0.191 e. The summed E-state index contributed by atoms with van der Waals surface area (Å²) in [6.45, 7) is 1.57. The summed E-state index contributed by atoms with van der Waals surface area (Å²) in [5.41, 5.74) is 0. The van der Waals surface area contributed by atoms with Gasteiger partial charge in [-0.1, -0.05) is 25.3 Å². The van der Waals surface area contributed by atoms with Crippen molar-refractivity contribution in [1.82, 2.24) is 10.6 Å². The van der Waals surface area contributed by atoms with E-state index in [1.54, 1.807) is 17.6 Å². The monoisotopic (exact) mass is 459 g/mol. The van der Waals surface area contributed by atoms with E-state index in [0.29, 0.717) is 6.04 Å². The average molecular weight is 459 g/mol. The SMILES string of the molecule is I.c1coc(CCNC(=NCc2cccs2)NC2CCCCC2)c1. The van der Waals surface area contributed by atoms with Gasteiger partial charge in [0.05, 0.1) is 12.8 Å². The number of halogens is 1. The topological polar surface area (TPSA) is 49.6 Å². The van der Waals surface area contributed by atoms with Crippen LogP contribution in [0.5, 0.6) is 0 Å². The first-order chi connectivity index (χ1) is 11.4. The number of rotatable bonds is 6. The van der Waals surface area contributed by atoms with Crippen LogP contribution < -0.4 is 10.6 Å². The molecule has 6 heteroatoms. The van der Waals surface area contributed by atoms with Gasteiger partial charge < -0.3 is 15.1 Å². The van der Waals surface area contributed by atoms with E-state index in [-0.39, 0.29) is 24.0 Å². The summed E-state index contributed by atoms with van der Waals surface area (Å²) in [5.74, 6) is 1.93. The van der Waals surface area contributed by atoms with Crippen molar-refractivity contribution in [1.29, 1.82) is 0 Å². The van der Waals surface area contributed by atoms with Gasteiger partial charge in [-0.2, -0.15) is 0 Å². The van der Waals surface area contributed by atoms with Gasteiger partial charge in [-0.3, -0.25) is 0 Å². The van der Waals surface area contributed by atoms with Crippen molar-refractivity contribution in [2.45, 2.75) is 51.1 Å². The fourth-order valence-corrected chi connectivity index (χ4v) is 3.54. The van der Waals surface area contributed by atoms with Gasteiger partial charge in [0.2, 0.25) is 0 Å². The standard InChI is InChI=1S/C18H25N3OS.HI/c1-2-6-15(7-3-1)21-18(20-14-17-9-5-13-23-17)19-11-10-16-8-4-12-22-16;/h4-5,8-9,12-13,15H,1-3,6-7,10-11,14H2,(H2,19,20,21);1H. The quantitative estimate of drug-likeness (QED) is 0.378. The van der Waals surface area contributed by atoms with Crippen LogP contribution in [0.1, 0.15) is 42.7 Å². The van der Waals surface area contributed by atoms with Gasteiger partial charge in [0.1, 0.15) is 5.76 Å². The molecule has 2 aromatic heterocycles. The molecule has 3 rings (SSSR count). The van der Waals surface area contributed by atoms with E-state index in [1.165, 1.54) is 37.0 Å². The normalized spacial score (nSPS) is 15.8. The Morgan fingerprint density at radius 2 is 2.08 bits per heavy atom. The van der Waals surface area contributed by atoms with Gasteiger partial charge in [0.15, 0.2) is 5.96 Å². The van der Waals surface area contributed by atoms with Crippen molar-refractivity contribution >= 4 is 41.3 Å². The van der Waals surface area contributed by atoms with Crippen LogP contribution in [0.3, 0.4) is 0 Å². The largest absolute Gasteiger partial charge is 0.469 e. The Kier molecular flexibility index (Phi) is 8.66. The second kappa shape index (κ2) is 10.8.